The highest BCUT2D eigenvalue weighted by Crippen LogP contribution is 2.17. The molecule has 0 atom stereocenters. The van der Waals surface area contributed by atoms with E-state index in [-0.39, 0.29) is 10.7 Å². The second-order valence-electron chi connectivity index (χ2n) is 4.94. The number of rotatable bonds is 3. The smallest absolute Gasteiger partial charge is 0.238 e. The number of benzene rings is 1. The zero-order chi connectivity index (χ0) is 14.8. The number of carbonyl (C=O) groups excluding carboxylic acids is 2. The van der Waals surface area contributed by atoms with E-state index in [9.17, 15) is 18.0 Å². The quantitative estimate of drug-likeness (QED) is 0.832. The summed E-state index contributed by atoms with van der Waals surface area (Å²) in [6.07, 6.45) is 0.631. The van der Waals surface area contributed by atoms with Gasteiger partial charge in [-0.1, -0.05) is 18.2 Å². The molecule has 1 aliphatic rings. The number of piperidine rings is 1. The van der Waals surface area contributed by atoms with Crippen molar-refractivity contribution in [2.75, 3.05) is 18.8 Å². The monoisotopic (exact) mass is 295 g/mol. The molecule has 0 unspecified atom stereocenters. The highest BCUT2D eigenvalue weighted by molar-refractivity contribution is 7.92. The number of sulfone groups is 1. The molecule has 1 amide bonds. The van der Waals surface area contributed by atoms with Gasteiger partial charge in [-0.25, -0.2) is 8.42 Å². The van der Waals surface area contributed by atoms with E-state index in [0.717, 1.165) is 0 Å². The zero-order valence-electron chi connectivity index (χ0n) is 11.3. The van der Waals surface area contributed by atoms with Crippen molar-refractivity contribution in [3.63, 3.8) is 0 Å². The summed E-state index contributed by atoms with van der Waals surface area (Å²) < 4.78 is 24.5. The molecule has 0 saturated carbocycles. The Morgan fingerprint density at radius 3 is 2.40 bits per heavy atom. The number of Topliss-reactive ketones (excluding diaryl/α,β-unsaturated/α-hetero) is 1. The molecule has 5 nitrogen and oxygen atoms in total. The molecule has 0 N–H and O–H groups in total. The average Bonchev–Trinajstić information content (AvgIpc) is 2.39. The highest BCUT2D eigenvalue weighted by atomic mass is 32.2. The van der Waals surface area contributed by atoms with Crippen LogP contribution in [-0.2, 0) is 19.4 Å². The van der Waals surface area contributed by atoms with Crippen LogP contribution in [0.4, 0.5) is 0 Å². The first-order chi connectivity index (χ1) is 9.40. The van der Waals surface area contributed by atoms with Crippen LogP contribution in [0, 0.1) is 6.92 Å². The van der Waals surface area contributed by atoms with E-state index in [0.29, 0.717) is 31.5 Å². The summed E-state index contributed by atoms with van der Waals surface area (Å²) >= 11 is 0. The Balaban J connectivity index is 2.11. The predicted molar refractivity (Wildman–Crippen MR) is 74.1 cm³/mol. The van der Waals surface area contributed by atoms with Gasteiger partial charge in [0.15, 0.2) is 9.84 Å². The third-order valence-corrected chi connectivity index (χ3v) is 5.17. The fraction of sp³-hybridized carbons (Fsp3) is 0.429. The summed E-state index contributed by atoms with van der Waals surface area (Å²) in [6.45, 7) is 2.35. The summed E-state index contributed by atoms with van der Waals surface area (Å²) in [6, 6.07) is 6.62. The summed E-state index contributed by atoms with van der Waals surface area (Å²) in [4.78, 5) is 24.8. The molecule has 1 aromatic carbocycles. The lowest BCUT2D eigenvalue weighted by Crippen LogP contribution is -2.41. The van der Waals surface area contributed by atoms with Gasteiger partial charge in [0.25, 0.3) is 0 Å². The first kappa shape index (κ1) is 14.7. The van der Waals surface area contributed by atoms with Crippen LogP contribution in [0.5, 0.6) is 0 Å². The highest BCUT2D eigenvalue weighted by Gasteiger charge is 2.26. The van der Waals surface area contributed by atoms with Gasteiger partial charge in [0, 0.05) is 25.9 Å². The largest absolute Gasteiger partial charge is 0.341 e. The molecule has 20 heavy (non-hydrogen) atoms. The van der Waals surface area contributed by atoms with E-state index in [1.807, 2.05) is 0 Å². The second kappa shape index (κ2) is 5.75. The summed E-state index contributed by atoms with van der Waals surface area (Å²) in [5, 5.41) is 0. The maximum Gasteiger partial charge on any atom is 0.238 e. The molecule has 0 radical (unpaired) electrons. The third kappa shape index (κ3) is 3.25. The Morgan fingerprint density at radius 1 is 1.20 bits per heavy atom. The van der Waals surface area contributed by atoms with Gasteiger partial charge in [-0.2, -0.15) is 0 Å². The van der Waals surface area contributed by atoms with Crippen LogP contribution < -0.4 is 0 Å². The maximum absolute atomic E-state index is 12.3. The molecule has 1 aliphatic heterocycles. The average molecular weight is 295 g/mol. The molecule has 108 valence electrons. The number of hydrogen-bond donors (Lipinski definition) is 0. The van der Waals surface area contributed by atoms with Crippen LogP contribution >= 0.6 is 0 Å². The zero-order valence-corrected chi connectivity index (χ0v) is 12.1. The lowest BCUT2D eigenvalue weighted by atomic mass is 10.1. The molecule has 0 aliphatic carbocycles. The van der Waals surface area contributed by atoms with Crippen LogP contribution in [-0.4, -0.2) is 43.9 Å². The molecular weight excluding hydrogens is 278 g/mol. The molecule has 1 aromatic rings. The van der Waals surface area contributed by atoms with E-state index < -0.39 is 21.5 Å². The van der Waals surface area contributed by atoms with Crippen molar-refractivity contribution in [3.8, 4) is 0 Å². The lowest BCUT2D eigenvalue weighted by molar-refractivity contribution is -0.132. The van der Waals surface area contributed by atoms with E-state index in [1.54, 1.807) is 25.1 Å². The van der Waals surface area contributed by atoms with Gasteiger partial charge in [-0.15, -0.1) is 0 Å². The van der Waals surface area contributed by atoms with Crippen molar-refractivity contribution in [2.45, 2.75) is 24.7 Å². The predicted octanol–water partition coefficient (Wildman–Crippen LogP) is 0.960. The molecule has 2 rings (SSSR count). The first-order valence-electron chi connectivity index (χ1n) is 6.48. The van der Waals surface area contributed by atoms with Crippen LogP contribution in [0.3, 0.4) is 0 Å². The van der Waals surface area contributed by atoms with Gasteiger partial charge in [0.2, 0.25) is 5.91 Å². The van der Waals surface area contributed by atoms with E-state index in [4.69, 9.17) is 0 Å². The Morgan fingerprint density at radius 2 is 1.80 bits per heavy atom. The fourth-order valence-electron chi connectivity index (χ4n) is 2.24. The Bertz CT molecular complexity index is 626. The van der Waals surface area contributed by atoms with Crippen molar-refractivity contribution in [2.24, 2.45) is 0 Å². The molecule has 0 bridgehead atoms. The summed E-state index contributed by atoms with van der Waals surface area (Å²) in [7, 11) is -3.63. The number of likely N-dealkylation sites (tertiary alicyclic amines) is 1. The summed E-state index contributed by atoms with van der Waals surface area (Å²) in [5.74, 6) is -0.844. The molecule has 1 fully saturated rings. The Hall–Kier alpha value is -1.69. The molecular formula is C14H17NO4S. The fourth-order valence-corrected chi connectivity index (χ4v) is 3.75. The number of amides is 1. The molecule has 1 heterocycles. The number of carbonyl (C=O) groups is 2. The van der Waals surface area contributed by atoms with Gasteiger partial charge in [-0.3, -0.25) is 9.59 Å². The number of ketones is 1. The maximum atomic E-state index is 12.3. The van der Waals surface area contributed by atoms with Crippen LogP contribution in [0.2, 0.25) is 0 Å². The van der Waals surface area contributed by atoms with Crippen LogP contribution in [0.1, 0.15) is 18.4 Å². The molecule has 1 saturated heterocycles. The van der Waals surface area contributed by atoms with Gasteiger partial charge in [-0.05, 0) is 18.6 Å². The minimum atomic E-state index is -3.63. The third-order valence-electron chi connectivity index (χ3n) is 3.42. The standard InChI is InChI=1S/C14H17NO4S/c1-11-4-2-3-5-13(11)20(18,19)10-14(17)15-8-6-12(16)7-9-15/h2-5H,6-10H2,1H3. The normalized spacial score (nSPS) is 16.2. The van der Waals surface area contributed by atoms with Crippen molar-refractivity contribution < 1.29 is 18.0 Å². The number of nitrogens with zero attached hydrogens (tertiary/aromatic N) is 1. The SMILES string of the molecule is Cc1ccccc1S(=O)(=O)CC(=O)N1CCC(=O)CC1. The lowest BCUT2D eigenvalue weighted by Gasteiger charge is -2.26. The number of hydrogen-bond acceptors (Lipinski definition) is 4. The van der Waals surface area contributed by atoms with Crippen LogP contribution in [0.25, 0.3) is 0 Å². The van der Waals surface area contributed by atoms with Crippen LogP contribution in [0.15, 0.2) is 29.2 Å². The molecule has 0 aromatic heterocycles. The van der Waals surface area contributed by atoms with Crippen molar-refractivity contribution in [1.82, 2.24) is 4.90 Å². The minimum Gasteiger partial charge on any atom is -0.341 e. The first-order valence-corrected chi connectivity index (χ1v) is 8.13. The second-order valence-corrected chi connectivity index (χ2v) is 6.90. The van der Waals surface area contributed by atoms with Crippen molar-refractivity contribution in [3.05, 3.63) is 29.8 Å². The molecule has 0 spiro atoms. The van der Waals surface area contributed by atoms with Gasteiger partial charge in [0.05, 0.1) is 4.90 Å². The van der Waals surface area contributed by atoms with Crippen molar-refractivity contribution >= 4 is 21.5 Å². The van der Waals surface area contributed by atoms with Crippen molar-refractivity contribution in [1.29, 1.82) is 0 Å². The topological polar surface area (TPSA) is 71.5 Å². The Labute approximate surface area is 118 Å². The molecule has 6 heteroatoms. The van der Waals surface area contributed by atoms with E-state index in [2.05, 4.69) is 0 Å². The van der Waals surface area contributed by atoms with E-state index >= 15 is 0 Å². The Kier molecular flexibility index (Phi) is 4.23. The van der Waals surface area contributed by atoms with Gasteiger partial charge < -0.3 is 4.90 Å². The summed E-state index contributed by atoms with van der Waals surface area (Å²) in [5.41, 5.74) is 0.633. The van der Waals surface area contributed by atoms with Gasteiger partial charge in [0.1, 0.15) is 11.5 Å². The van der Waals surface area contributed by atoms with E-state index in [1.165, 1.54) is 11.0 Å². The van der Waals surface area contributed by atoms with Gasteiger partial charge >= 0.3 is 0 Å². The minimum absolute atomic E-state index is 0.121. The number of aryl methyl sites for hydroxylation is 1.